The average Bonchev–Trinajstić information content (AvgIpc) is 3.06. The van der Waals surface area contributed by atoms with Crippen molar-refractivity contribution in [3.05, 3.63) is 64.2 Å². The van der Waals surface area contributed by atoms with E-state index in [0.717, 1.165) is 22.5 Å². The highest BCUT2D eigenvalue weighted by molar-refractivity contribution is 7.59. The molecule has 5 nitrogen and oxygen atoms in total. The maximum Gasteiger partial charge on any atom is 0.277 e. The Labute approximate surface area is 174 Å². The number of anilines is 1. The summed E-state index contributed by atoms with van der Waals surface area (Å²) in [5.74, 6) is -0.108. The van der Waals surface area contributed by atoms with E-state index >= 15 is 0 Å². The maximum absolute atomic E-state index is 13.3. The molecule has 1 amide bonds. The Morgan fingerprint density at radius 2 is 1.93 bits per heavy atom. The molecular weight excluding hydrogens is 403 g/mol. The number of rotatable bonds is 2. The van der Waals surface area contributed by atoms with E-state index in [4.69, 9.17) is 23.2 Å². The molecule has 27 heavy (non-hydrogen) atoms. The second-order valence-corrected chi connectivity index (χ2v) is 7.21. The highest BCUT2D eigenvalue weighted by Crippen LogP contribution is 2.34. The number of aryl methyl sites for hydroxylation is 1. The molecular formula is C19H18Cl2N4OS. The van der Waals surface area contributed by atoms with Crippen LogP contribution < -0.4 is 4.90 Å². The standard InChI is InChI=1S/C19H16Cl2N4O.H2S/c1-11-7-13(5-6-22-11)15-9-23-25-12(2)10-24(19(26)18(15)25)14-3-4-16(20)17(21)8-14;/h3-9,12H,10H2,1-2H3;1H2/t12-;/m0./s1. The Morgan fingerprint density at radius 1 is 1.15 bits per heavy atom. The Bertz CT molecular complexity index is 1020. The van der Waals surface area contributed by atoms with Gasteiger partial charge in [0.05, 0.1) is 22.3 Å². The van der Waals surface area contributed by atoms with E-state index in [1.54, 1.807) is 40.2 Å². The van der Waals surface area contributed by atoms with E-state index in [0.29, 0.717) is 22.3 Å². The van der Waals surface area contributed by atoms with Crippen molar-refractivity contribution >= 4 is 48.3 Å². The number of benzene rings is 1. The van der Waals surface area contributed by atoms with Crippen molar-refractivity contribution in [1.29, 1.82) is 0 Å². The van der Waals surface area contributed by atoms with Gasteiger partial charge in [-0.2, -0.15) is 18.6 Å². The summed E-state index contributed by atoms with van der Waals surface area (Å²) >= 11 is 12.2. The normalized spacial score (nSPS) is 16.1. The molecule has 3 heterocycles. The number of nitrogens with zero attached hydrogens (tertiary/aromatic N) is 4. The van der Waals surface area contributed by atoms with Crippen LogP contribution in [0.1, 0.15) is 29.1 Å². The maximum atomic E-state index is 13.3. The fourth-order valence-electron chi connectivity index (χ4n) is 3.26. The summed E-state index contributed by atoms with van der Waals surface area (Å²) in [6.45, 7) is 4.47. The minimum Gasteiger partial charge on any atom is -0.305 e. The van der Waals surface area contributed by atoms with Gasteiger partial charge in [-0.25, -0.2) is 0 Å². The molecule has 0 radical (unpaired) electrons. The highest BCUT2D eigenvalue weighted by Gasteiger charge is 2.33. The molecule has 1 atom stereocenters. The lowest BCUT2D eigenvalue weighted by molar-refractivity contribution is 0.0954. The zero-order chi connectivity index (χ0) is 18.4. The summed E-state index contributed by atoms with van der Waals surface area (Å²) in [5.41, 5.74) is 3.91. The van der Waals surface area contributed by atoms with Crippen LogP contribution >= 0.6 is 36.7 Å². The largest absolute Gasteiger partial charge is 0.305 e. The van der Waals surface area contributed by atoms with Crippen molar-refractivity contribution in [2.75, 3.05) is 11.4 Å². The zero-order valence-corrected chi connectivity index (χ0v) is 17.3. The molecule has 0 aliphatic carbocycles. The number of halogens is 2. The van der Waals surface area contributed by atoms with Crippen LogP contribution in [0.4, 0.5) is 5.69 Å². The van der Waals surface area contributed by atoms with Crippen LogP contribution in [-0.4, -0.2) is 27.2 Å². The molecule has 140 valence electrons. The Balaban J connectivity index is 0.00000210. The number of pyridine rings is 1. The Kier molecular flexibility index (Phi) is 5.51. The van der Waals surface area contributed by atoms with Gasteiger partial charge in [-0.1, -0.05) is 23.2 Å². The highest BCUT2D eigenvalue weighted by atomic mass is 35.5. The lowest BCUT2D eigenvalue weighted by Crippen LogP contribution is -2.42. The number of amides is 1. The predicted octanol–water partition coefficient (Wildman–Crippen LogP) is 4.89. The fourth-order valence-corrected chi connectivity index (χ4v) is 3.55. The third-order valence-corrected chi connectivity index (χ3v) is 5.27. The number of carbonyl (C=O) groups excluding carboxylic acids is 1. The van der Waals surface area contributed by atoms with Gasteiger partial charge in [0.25, 0.3) is 5.91 Å². The number of hydrogen-bond donors (Lipinski definition) is 0. The average molecular weight is 421 g/mol. The van der Waals surface area contributed by atoms with E-state index in [1.807, 2.05) is 26.0 Å². The molecule has 0 fully saturated rings. The van der Waals surface area contributed by atoms with Crippen molar-refractivity contribution in [2.24, 2.45) is 0 Å². The number of carbonyl (C=O) groups is 1. The molecule has 3 aromatic rings. The first-order chi connectivity index (χ1) is 12.5. The quantitative estimate of drug-likeness (QED) is 0.592. The molecule has 0 saturated heterocycles. The molecule has 0 spiro atoms. The SMILES string of the molecule is Cc1cc(-c2cnn3c2C(=O)N(c2ccc(Cl)c(Cl)c2)C[C@@H]3C)ccn1.S. The summed E-state index contributed by atoms with van der Waals surface area (Å²) in [7, 11) is 0. The minimum absolute atomic E-state index is 0. The van der Waals surface area contributed by atoms with Crippen molar-refractivity contribution < 1.29 is 4.79 Å². The van der Waals surface area contributed by atoms with E-state index in [-0.39, 0.29) is 25.4 Å². The zero-order valence-electron chi connectivity index (χ0n) is 14.8. The topological polar surface area (TPSA) is 51.0 Å². The van der Waals surface area contributed by atoms with Crippen LogP contribution in [0.3, 0.4) is 0 Å². The first-order valence-electron chi connectivity index (χ1n) is 8.23. The van der Waals surface area contributed by atoms with E-state index in [1.165, 1.54) is 0 Å². The summed E-state index contributed by atoms with van der Waals surface area (Å²) in [6.07, 6.45) is 3.49. The number of aromatic nitrogens is 3. The lowest BCUT2D eigenvalue weighted by Gasteiger charge is -2.32. The van der Waals surface area contributed by atoms with E-state index < -0.39 is 0 Å². The van der Waals surface area contributed by atoms with Gasteiger partial charge in [0, 0.05) is 29.7 Å². The van der Waals surface area contributed by atoms with Gasteiger partial charge in [-0.15, -0.1) is 0 Å². The van der Waals surface area contributed by atoms with Crippen LogP contribution in [0.2, 0.25) is 10.0 Å². The second-order valence-electron chi connectivity index (χ2n) is 6.40. The smallest absolute Gasteiger partial charge is 0.277 e. The second kappa shape index (κ2) is 7.54. The first kappa shape index (κ1) is 19.7. The Morgan fingerprint density at radius 3 is 2.63 bits per heavy atom. The van der Waals surface area contributed by atoms with Gasteiger partial charge in [-0.3, -0.25) is 14.5 Å². The van der Waals surface area contributed by atoms with Crippen molar-refractivity contribution in [3.63, 3.8) is 0 Å². The molecule has 0 saturated carbocycles. The van der Waals surface area contributed by atoms with E-state index in [2.05, 4.69) is 10.1 Å². The van der Waals surface area contributed by atoms with Gasteiger partial charge < -0.3 is 4.90 Å². The van der Waals surface area contributed by atoms with Crippen LogP contribution in [0, 0.1) is 6.92 Å². The molecule has 1 aliphatic heterocycles. The van der Waals surface area contributed by atoms with Crippen LogP contribution in [0.5, 0.6) is 0 Å². The number of hydrogen-bond acceptors (Lipinski definition) is 3. The summed E-state index contributed by atoms with van der Waals surface area (Å²) < 4.78 is 1.79. The van der Waals surface area contributed by atoms with E-state index in [9.17, 15) is 4.79 Å². The number of fused-ring (bicyclic) bond motifs is 1. The van der Waals surface area contributed by atoms with Gasteiger partial charge in [-0.05, 0) is 49.7 Å². The Hall–Kier alpha value is -2.02. The van der Waals surface area contributed by atoms with Crippen LogP contribution in [0.25, 0.3) is 11.1 Å². The van der Waals surface area contributed by atoms with Gasteiger partial charge in [0.1, 0.15) is 5.69 Å². The molecule has 1 aromatic carbocycles. The van der Waals surface area contributed by atoms with Crippen LogP contribution in [-0.2, 0) is 0 Å². The monoisotopic (exact) mass is 420 g/mol. The minimum atomic E-state index is -0.108. The summed E-state index contributed by atoms with van der Waals surface area (Å²) in [6, 6.07) is 9.11. The molecule has 0 unspecified atom stereocenters. The third-order valence-electron chi connectivity index (χ3n) is 4.53. The van der Waals surface area contributed by atoms with Gasteiger partial charge in [0.2, 0.25) is 0 Å². The van der Waals surface area contributed by atoms with Crippen molar-refractivity contribution in [2.45, 2.75) is 19.9 Å². The van der Waals surface area contributed by atoms with Gasteiger partial charge >= 0.3 is 0 Å². The summed E-state index contributed by atoms with van der Waals surface area (Å²) in [5, 5.41) is 5.34. The molecule has 0 N–H and O–H groups in total. The first-order valence-corrected chi connectivity index (χ1v) is 8.98. The molecule has 4 rings (SSSR count). The summed E-state index contributed by atoms with van der Waals surface area (Å²) in [4.78, 5) is 19.2. The van der Waals surface area contributed by atoms with Crippen LogP contribution in [0.15, 0.2) is 42.7 Å². The fraction of sp³-hybridized carbons (Fsp3) is 0.211. The molecule has 2 aromatic heterocycles. The van der Waals surface area contributed by atoms with Crippen molar-refractivity contribution in [1.82, 2.24) is 14.8 Å². The molecule has 8 heteroatoms. The van der Waals surface area contributed by atoms with Gasteiger partial charge in [0.15, 0.2) is 0 Å². The third kappa shape index (κ3) is 3.45. The van der Waals surface area contributed by atoms with Crippen molar-refractivity contribution in [3.8, 4) is 11.1 Å². The predicted molar refractivity (Wildman–Crippen MR) is 113 cm³/mol. The lowest BCUT2D eigenvalue weighted by atomic mass is 10.0. The molecule has 0 bridgehead atoms. The molecule has 1 aliphatic rings.